The Labute approximate surface area is 95.6 Å². The lowest BCUT2D eigenvalue weighted by atomic mass is 9.95. The van der Waals surface area contributed by atoms with E-state index in [1.807, 2.05) is 0 Å². The molecule has 6 nitrogen and oxygen atoms in total. The van der Waals surface area contributed by atoms with Crippen LogP contribution >= 0.6 is 0 Å². The summed E-state index contributed by atoms with van der Waals surface area (Å²) in [6, 6.07) is -0.918. The van der Waals surface area contributed by atoms with Gasteiger partial charge in [-0.25, -0.2) is 0 Å². The first-order chi connectivity index (χ1) is 7.32. The maximum Gasteiger partial charge on any atom is 0.245 e. The quantitative estimate of drug-likeness (QED) is 0.466. The van der Waals surface area contributed by atoms with E-state index in [-0.39, 0.29) is 5.91 Å². The number of amides is 2. The Morgan fingerprint density at radius 3 is 2.31 bits per heavy atom. The highest BCUT2D eigenvalue weighted by molar-refractivity contribution is 5.89. The number of nitrogens with two attached hydrogens (primary N) is 1. The van der Waals surface area contributed by atoms with Gasteiger partial charge in [0.25, 0.3) is 0 Å². The van der Waals surface area contributed by atoms with E-state index in [0.717, 1.165) is 0 Å². The summed E-state index contributed by atoms with van der Waals surface area (Å²) in [5.41, 5.74) is 4.63. The zero-order valence-electron chi connectivity index (χ0n) is 10.0. The largest absolute Gasteiger partial charge is 0.394 e. The van der Waals surface area contributed by atoms with E-state index in [1.54, 1.807) is 20.8 Å². The van der Waals surface area contributed by atoms with Crippen LogP contribution in [0.3, 0.4) is 0 Å². The van der Waals surface area contributed by atoms with Gasteiger partial charge in [0.05, 0.1) is 6.61 Å². The van der Waals surface area contributed by atoms with Crippen molar-refractivity contribution in [2.75, 3.05) is 19.7 Å². The first kappa shape index (κ1) is 14.9. The average Bonchev–Trinajstić information content (AvgIpc) is 2.20. The summed E-state index contributed by atoms with van der Waals surface area (Å²) < 4.78 is 0. The number of hydrogen-bond donors (Lipinski definition) is 4. The van der Waals surface area contributed by atoms with E-state index in [4.69, 9.17) is 10.8 Å². The third-order valence-corrected chi connectivity index (χ3v) is 1.93. The van der Waals surface area contributed by atoms with Crippen molar-refractivity contribution in [3.05, 3.63) is 0 Å². The molecule has 0 aliphatic carbocycles. The molecule has 0 aromatic heterocycles. The Morgan fingerprint density at radius 2 is 1.94 bits per heavy atom. The predicted molar refractivity (Wildman–Crippen MR) is 60.5 cm³/mol. The summed E-state index contributed by atoms with van der Waals surface area (Å²) >= 11 is 0. The second-order valence-corrected chi connectivity index (χ2v) is 4.54. The first-order valence-electron chi connectivity index (χ1n) is 5.22. The Hall–Kier alpha value is -1.14. The van der Waals surface area contributed by atoms with Crippen LogP contribution in [-0.2, 0) is 9.59 Å². The van der Waals surface area contributed by atoms with E-state index in [9.17, 15) is 9.59 Å². The molecule has 0 aliphatic rings. The molecule has 0 fully saturated rings. The molecule has 16 heavy (non-hydrogen) atoms. The molecule has 0 bridgehead atoms. The SMILES string of the molecule is CC(C)(C)C(=O)NC(CO)C(=O)NCCN. The van der Waals surface area contributed by atoms with Gasteiger partial charge < -0.3 is 21.5 Å². The van der Waals surface area contributed by atoms with Crippen molar-refractivity contribution in [1.29, 1.82) is 0 Å². The van der Waals surface area contributed by atoms with Gasteiger partial charge in [0.15, 0.2) is 0 Å². The zero-order valence-corrected chi connectivity index (χ0v) is 10.0. The molecule has 0 saturated heterocycles. The van der Waals surface area contributed by atoms with E-state index in [1.165, 1.54) is 0 Å². The van der Waals surface area contributed by atoms with Crippen LogP contribution in [0.1, 0.15) is 20.8 Å². The average molecular weight is 231 g/mol. The van der Waals surface area contributed by atoms with Gasteiger partial charge in [-0.1, -0.05) is 20.8 Å². The third kappa shape index (κ3) is 5.09. The second-order valence-electron chi connectivity index (χ2n) is 4.54. The third-order valence-electron chi connectivity index (χ3n) is 1.93. The summed E-state index contributed by atoms with van der Waals surface area (Å²) in [4.78, 5) is 23.0. The molecule has 0 aromatic carbocycles. The summed E-state index contributed by atoms with van der Waals surface area (Å²) in [6.07, 6.45) is 0. The zero-order chi connectivity index (χ0) is 12.8. The van der Waals surface area contributed by atoms with Crippen molar-refractivity contribution in [2.24, 2.45) is 11.1 Å². The lowest BCUT2D eigenvalue weighted by Gasteiger charge is -2.22. The molecule has 5 N–H and O–H groups in total. The number of nitrogens with one attached hydrogen (secondary N) is 2. The second kappa shape index (κ2) is 6.44. The van der Waals surface area contributed by atoms with Crippen molar-refractivity contribution in [3.8, 4) is 0 Å². The van der Waals surface area contributed by atoms with Crippen molar-refractivity contribution in [1.82, 2.24) is 10.6 Å². The number of rotatable bonds is 5. The number of aliphatic hydroxyl groups excluding tert-OH is 1. The molecule has 0 radical (unpaired) electrons. The Kier molecular flexibility index (Phi) is 5.98. The number of aliphatic hydroxyl groups is 1. The highest BCUT2D eigenvalue weighted by Gasteiger charge is 2.26. The fourth-order valence-corrected chi connectivity index (χ4v) is 0.887. The van der Waals surface area contributed by atoms with E-state index >= 15 is 0 Å². The van der Waals surface area contributed by atoms with Crippen molar-refractivity contribution < 1.29 is 14.7 Å². The van der Waals surface area contributed by atoms with Gasteiger partial charge in [-0.15, -0.1) is 0 Å². The Bertz CT molecular complexity index is 248. The summed E-state index contributed by atoms with van der Waals surface area (Å²) in [5.74, 6) is -0.708. The topological polar surface area (TPSA) is 104 Å². The van der Waals surface area contributed by atoms with Crippen LogP contribution in [0.5, 0.6) is 0 Å². The van der Waals surface area contributed by atoms with E-state index in [0.29, 0.717) is 13.1 Å². The van der Waals surface area contributed by atoms with Crippen LogP contribution in [0.4, 0.5) is 0 Å². The van der Waals surface area contributed by atoms with Gasteiger partial charge in [-0.05, 0) is 0 Å². The molecule has 0 aliphatic heterocycles. The minimum atomic E-state index is -0.918. The van der Waals surface area contributed by atoms with Crippen LogP contribution in [0.15, 0.2) is 0 Å². The standard InChI is InChI=1S/C10H21N3O3/c1-10(2,3)9(16)13-7(6-14)8(15)12-5-4-11/h7,14H,4-6,11H2,1-3H3,(H,12,15)(H,13,16). The molecule has 0 heterocycles. The molecule has 0 spiro atoms. The molecular formula is C10H21N3O3. The summed E-state index contributed by atoms with van der Waals surface area (Å²) in [7, 11) is 0. The van der Waals surface area contributed by atoms with Crippen LogP contribution in [-0.4, -0.2) is 42.7 Å². The monoisotopic (exact) mass is 231 g/mol. The molecule has 0 rings (SSSR count). The molecule has 0 aromatic rings. The van der Waals surface area contributed by atoms with Gasteiger partial charge in [0.2, 0.25) is 11.8 Å². The molecule has 1 atom stereocenters. The smallest absolute Gasteiger partial charge is 0.245 e. The number of carbonyl (C=O) groups excluding carboxylic acids is 2. The highest BCUT2D eigenvalue weighted by atomic mass is 16.3. The predicted octanol–water partition coefficient (Wildman–Crippen LogP) is -1.42. The minimum Gasteiger partial charge on any atom is -0.394 e. The number of carbonyl (C=O) groups is 2. The van der Waals surface area contributed by atoms with Crippen LogP contribution < -0.4 is 16.4 Å². The Balaban J connectivity index is 4.30. The van der Waals surface area contributed by atoms with Gasteiger partial charge in [0.1, 0.15) is 6.04 Å². The van der Waals surface area contributed by atoms with Crippen LogP contribution in [0.2, 0.25) is 0 Å². The minimum absolute atomic E-state index is 0.283. The fraction of sp³-hybridized carbons (Fsp3) is 0.800. The van der Waals surface area contributed by atoms with E-state index in [2.05, 4.69) is 10.6 Å². The Morgan fingerprint density at radius 1 is 1.38 bits per heavy atom. The van der Waals surface area contributed by atoms with Gasteiger partial charge in [0, 0.05) is 18.5 Å². The highest BCUT2D eigenvalue weighted by Crippen LogP contribution is 2.12. The van der Waals surface area contributed by atoms with Crippen molar-refractivity contribution >= 4 is 11.8 Å². The normalized spacial score (nSPS) is 13.1. The van der Waals surface area contributed by atoms with Gasteiger partial charge in [-0.3, -0.25) is 9.59 Å². The molecule has 6 heteroatoms. The maximum absolute atomic E-state index is 11.6. The molecule has 0 saturated carbocycles. The van der Waals surface area contributed by atoms with Crippen molar-refractivity contribution in [3.63, 3.8) is 0 Å². The van der Waals surface area contributed by atoms with Crippen LogP contribution in [0, 0.1) is 5.41 Å². The molecule has 2 amide bonds. The van der Waals surface area contributed by atoms with Gasteiger partial charge >= 0.3 is 0 Å². The molecule has 94 valence electrons. The molecule has 1 unspecified atom stereocenters. The van der Waals surface area contributed by atoms with E-state index < -0.39 is 24.0 Å². The lowest BCUT2D eigenvalue weighted by Crippen LogP contribution is -2.52. The number of hydrogen-bond acceptors (Lipinski definition) is 4. The fourth-order valence-electron chi connectivity index (χ4n) is 0.887. The lowest BCUT2D eigenvalue weighted by molar-refractivity contribution is -0.134. The summed E-state index contributed by atoms with van der Waals surface area (Å²) in [6.45, 7) is 5.40. The van der Waals surface area contributed by atoms with Crippen LogP contribution in [0.25, 0.3) is 0 Å². The first-order valence-corrected chi connectivity index (χ1v) is 5.22. The summed E-state index contributed by atoms with van der Waals surface area (Å²) in [5, 5.41) is 14.0. The molecular weight excluding hydrogens is 210 g/mol. The maximum atomic E-state index is 11.6. The van der Waals surface area contributed by atoms with Gasteiger partial charge in [-0.2, -0.15) is 0 Å². The van der Waals surface area contributed by atoms with Crippen molar-refractivity contribution in [2.45, 2.75) is 26.8 Å².